The molecule has 0 saturated heterocycles. The van der Waals surface area contributed by atoms with Crippen molar-refractivity contribution in [2.45, 2.75) is 20.3 Å². The van der Waals surface area contributed by atoms with Gasteiger partial charge < -0.3 is 10.1 Å². The van der Waals surface area contributed by atoms with E-state index in [1.807, 2.05) is 39.1 Å². The number of methoxy groups -OCH3 is 1. The number of para-hydroxylation sites is 1. The van der Waals surface area contributed by atoms with Gasteiger partial charge in [0.2, 0.25) is 0 Å². The molecular weight excluding hydrogens is 174 g/mol. The Balaban J connectivity index is 0.000000791. The summed E-state index contributed by atoms with van der Waals surface area (Å²) >= 11 is 0. The van der Waals surface area contributed by atoms with Crippen LogP contribution in [0.4, 0.5) is 0 Å². The molecule has 0 spiro atoms. The van der Waals surface area contributed by atoms with E-state index in [2.05, 4.69) is 11.4 Å². The molecule has 1 aromatic rings. The van der Waals surface area contributed by atoms with E-state index in [1.165, 1.54) is 5.56 Å². The van der Waals surface area contributed by atoms with Crippen molar-refractivity contribution in [1.82, 2.24) is 5.32 Å². The van der Waals surface area contributed by atoms with Crippen molar-refractivity contribution in [2.75, 3.05) is 20.7 Å². The monoisotopic (exact) mass is 195 g/mol. The Hall–Kier alpha value is -1.02. The van der Waals surface area contributed by atoms with Gasteiger partial charge in [-0.1, -0.05) is 32.0 Å². The smallest absolute Gasteiger partial charge is 0.122 e. The lowest BCUT2D eigenvalue weighted by Crippen LogP contribution is -2.10. The van der Waals surface area contributed by atoms with Gasteiger partial charge in [0.1, 0.15) is 5.75 Å². The van der Waals surface area contributed by atoms with Gasteiger partial charge in [-0.05, 0) is 31.6 Å². The molecule has 0 aromatic heterocycles. The van der Waals surface area contributed by atoms with Crippen molar-refractivity contribution < 1.29 is 4.74 Å². The summed E-state index contributed by atoms with van der Waals surface area (Å²) in [5.41, 5.74) is 1.26. The number of hydrogen-bond acceptors (Lipinski definition) is 2. The highest BCUT2D eigenvalue weighted by Crippen LogP contribution is 2.16. The van der Waals surface area contributed by atoms with Crippen LogP contribution in [-0.4, -0.2) is 20.7 Å². The van der Waals surface area contributed by atoms with Crippen molar-refractivity contribution in [3.8, 4) is 5.75 Å². The fraction of sp³-hybridized carbons (Fsp3) is 0.500. The van der Waals surface area contributed by atoms with Crippen molar-refractivity contribution in [3.05, 3.63) is 29.8 Å². The second-order valence-electron chi connectivity index (χ2n) is 2.67. The minimum absolute atomic E-state index is 0.979. The highest BCUT2D eigenvalue weighted by atomic mass is 16.5. The van der Waals surface area contributed by atoms with Crippen LogP contribution in [0.1, 0.15) is 19.4 Å². The molecule has 0 unspecified atom stereocenters. The van der Waals surface area contributed by atoms with Gasteiger partial charge in [-0.3, -0.25) is 0 Å². The molecule has 1 rings (SSSR count). The Labute approximate surface area is 87.3 Å². The molecule has 0 heterocycles. The molecule has 0 aliphatic carbocycles. The normalized spacial score (nSPS) is 8.86. The van der Waals surface area contributed by atoms with Gasteiger partial charge in [-0.2, -0.15) is 0 Å². The second kappa shape index (κ2) is 8.57. The van der Waals surface area contributed by atoms with Gasteiger partial charge in [-0.25, -0.2) is 0 Å². The summed E-state index contributed by atoms with van der Waals surface area (Å²) in [6.07, 6.45) is 1.01. The Morgan fingerprint density at radius 3 is 2.43 bits per heavy atom. The third-order valence-electron chi connectivity index (χ3n) is 1.84. The first-order chi connectivity index (χ1) is 6.88. The lowest BCUT2D eigenvalue weighted by molar-refractivity contribution is 0.409. The first-order valence-corrected chi connectivity index (χ1v) is 5.15. The minimum Gasteiger partial charge on any atom is -0.496 e. The van der Waals surface area contributed by atoms with Gasteiger partial charge in [0.25, 0.3) is 0 Å². The summed E-state index contributed by atoms with van der Waals surface area (Å²) in [4.78, 5) is 0. The van der Waals surface area contributed by atoms with E-state index in [4.69, 9.17) is 4.74 Å². The Bertz CT molecular complexity index is 236. The van der Waals surface area contributed by atoms with Gasteiger partial charge in [0.05, 0.1) is 7.11 Å². The standard InChI is InChI=1S/C10H15NO.C2H6/c1-11-8-7-9-5-3-4-6-10(9)12-2;1-2/h3-6,11H,7-8H2,1-2H3;1-2H3. The van der Waals surface area contributed by atoms with Crippen LogP contribution in [0.2, 0.25) is 0 Å². The zero-order valence-corrected chi connectivity index (χ0v) is 9.63. The lowest BCUT2D eigenvalue weighted by Gasteiger charge is -2.06. The first-order valence-electron chi connectivity index (χ1n) is 5.15. The number of nitrogens with one attached hydrogen (secondary N) is 1. The van der Waals surface area contributed by atoms with Crippen LogP contribution < -0.4 is 10.1 Å². The predicted octanol–water partition coefficient (Wildman–Crippen LogP) is 2.48. The fourth-order valence-corrected chi connectivity index (χ4v) is 1.17. The van der Waals surface area contributed by atoms with Crippen LogP contribution in [0.15, 0.2) is 24.3 Å². The summed E-state index contributed by atoms with van der Waals surface area (Å²) in [7, 11) is 3.66. The quantitative estimate of drug-likeness (QED) is 0.797. The molecule has 1 aromatic carbocycles. The summed E-state index contributed by atoms with van der Waals surface area (Å²) in [5, 5.41) is 3.11. The molecule has 0 saturated carbocycles. The zero-order chi connectivity index (χ0) is 10.8. The van der Waals surface area contributed by atoms with E-state index in [0.717, 1.165) is 18.7 Å². The summed E-state index contributed by atoms with van der Waals surface area (Å²) in [5.74, 6) is 0.979. The second-order valence-corrected chi connectivity index (χ2v) is 2.67. The molecule has 0 aliphatic rings. The maximum Gasteiger partial charge on any atom is 0.122 e. The number of rotatable bonds is 4. The van der Waals surface area contributed by atoms with E-state index in [-0.39, 0.29) is 0 Å². The number of hydrogen-bond donors (Lipinski definition) is 1. The summed E-state index contributed by atoms with van der Waals surface area (Å²) in [6.45, 7) is 4.99. The maximum absolute atomic E-state index is 5.21. The highest BCUT2D eigenvalue weighted by Gasteiger charge is 1.98. The molecule has 0 bridgehead atoms. The van der Waals surface area contributed by atoms with Crippen molar-refractivity contribution in [2.24, 2.45) is 0 Å². The van der Waals surface area contributed by atoms with Crippen molar-refractivity contribution >= 4 is 0 Å². The molecule has 14 heavy (non-hydrogen) atoms. The van der Waals surface area contributed by atoms with Crippen LogP contribution in [-0.2, 0) is 6.42 Å². The van der Waals surface area contributed by atoms with E-state index in [1.54, 1.807) is 7.11 Å². The average Bonchev–Trinajstić information content (AvgIpc) is 2.29. The van der Waals surface area contributed by atoms with Gasteiger partial charge >= 0.3 is 0 Å². The van der Waals surface area contributed by atoms with Crippen LogP contribution >= 0.6 is 0 Å². The van der Waals surface area contributed by atoms with E-state index < -0.39 is 0 Å². The van der Waals surface area contributed by atoms with E-state index >= 15 is 0 Å². The maximum atomic E-state index is 5.21. The van der Waals surface area contributed by atoms with Crippen LogP contribution in [0.5, 0.6) is 5.75 Å². The largest absolute Gasteiger partial charge is 0.496 e. The first kappa shape index (κ1) is 13.0. The molecule has 1 N–H and O–H groups in total. The molecule has 80 valence electrons. The van der Waals surface area contributed by atoms with Crippen LogP contribution in [0.25, 0.3) is 0 Å². The Morgan fingerprint density at radius 1 is 1.21 bits per heavy atom. The van der Waals surface area contributed by atoms with Crippen molar-refractivity contribution in [3.63, 3.8) is 0 Å². The third kappa shape index (κ3) is 4.28. The molecule has 0 aliphatic heterocycles. The third-order valence-corrected chi connectivity index (χ3v) is 1.84. The number of likely N-dealkylation sites (N-methyl/N-ethyl adjacent to an activating group) is 1. The zero-order valence-electron chi connectivity index (χ0n) is 9.63. The lowest BCUT2D eigenvalue weighted by atomic mass is 10.1. The molecule has 2 nitrogen and oxygen atoms in total. The number of benzene rings is 1. The molecule has 0 radical (unpaired) electrons. The van der Waals surface area contributed by atoms with Gasteiger partial charge in [-0.15, -0.1) is 0 Å². The van der Waals surface area contributed by atoms with Crippen LogP contribution in [0, 0.1) is 0 Å². The fourth-order valence-electron chi connectivity index (χ4n) is 1.17. The average molecular weight is 195 g/mol. The molecule has 0 atom stereocenters. The van der Waals surface area contributed by atoms with E-state index in [9.17, 15) is 0 Å². The summed E-state index contributed by atoms with van der Waals surface area (Å²) < 4.78 is 5.21. The topological polar surface area (TPSA) is 21.3 Å². The molecule has 2 heteroatoms. The molecule has 0 fully saturated rings. The predicted molar refractivity (Wildman–Crippen MR) is 62.0 cm³/mol. The SMILES string of the molecule is CC.CNCCc1ccccc1OC. The van der Waals surface area contributed by atoms with E-state index in [0.29, 0.717) is 0 Å². The summed E-state index contributed by atoms with van der Waals surface area (Å²) in [6, 6.07) is 8.11. The molecule has 0 amide bonds. The van der Waals surface area contributed by atoms with Gasteiger partial charge in [0.15, 0.2) is 0 Å². The van der Waals surface area contributed by atoms with Gasteiger partial charge in [0, 0.05) is 0 Å². The Morgan fingerprint density at radius 2 is 1.86 bits per heavy atom. The molecular formula is C12H21NO. The number of ether oxygens (including phenoxy) is 1. The highest BCUT2D eigenvalue weighted by molar-refractivity contribution is 5.33. The Kier molecular flexibility index (Phi) is 7.95. The minimum atomic E-state index is 0.979. The van der Waals surface area contributed by atoms with Crippen LogP contribution in [0.3, 0.4) is 0 Å². The van der Waals surface area contributed by atoms with Crippen molar-refractivity contribution in [1.29, 1.82) is 0 Å².